The molecule has 2 aliphatic carbocycles. The minimum absolute atomic E-state index is 0.0773. The summed E-state index contributed by atoms with van der Waals surface area (Å²) >= 11 is 0. The fourth-order valence-electron chi connectivity index (χ4n) is 9.66. The summed E-state index contributed by atoms with van der Waals surface area (Å²) in [6.45, 7) is 7.82. The van der Waals surface area contributed by atoms with Gasteiger partial charge in [0.15, 0.2) is 6.10 Å². The van der Waals surface area contributed by atoms with E-state index in [1.165, 1.54) is 0 Å². The van der Waals surface area contributed by atoms with E-state index in [0.29, 0.717) is 25.0 Å². The van der Waals surface area contributed by atoms with Crippen molar-refractivity contribution >= 4 is 23.6 Å². The Morgan fingerprint density at radius 3 is 2.64 bits per heavy atom. The van der Waals surface area contributed by atoms with E-state index in [1.807, 2.05) is 13.8 Å². The molecule has 2 saturated carbocycles. The van der Waals surface area contributed by atoms with Crippen molar-refractivity contribution < 1.29 is 47.7 Å². The number of oxime groups is 1. The number of carboxylic acid groups (broad SMARTS) is 1. The maximum absolute atomic E-state index is 13.4. The van der Waals surface area contributed by atoms with E-state index in [-0.39, 0.29) is 36.9 Å². The number of epoxide rings is 1. The molecule has 0 amide bonds. The van der Waals surface area contributed by atoms with Crippen LogP contribution in [0.15, 0.2) is 28.2 Å². The van der Waals surface area contributed by atoms with Crippen LogP contribution in [0.5, 0.6) is 0 Å². The summed E-state index contributed by atoms with van der Waals surface area (Å²) in [4.78, 5) is 42.6. The molecular formula is C28H33NO10. The van der Waals surface area contributed by atoms with E-state index in [9.17, 15) is 19.5 Å². The molecule has 5 heterocycles. The highest BCUT2D eigenvalue weighted by molar-refractivity contribution is 5.96. The fourth-order valence-corrected chi connectivity index (χ4v) is 9.66. The lowest BCUT2D eigenvalue weighted by molar-refractivity contribution is -0.209. The number of hydrogen-bond donors (Lipinski definition) is 1. The van der Waals surface area contributed by atoms with Crippen molar-refractivity contribution in [3.63, 3.8) is 0 Å². The number of hydrogen-bond acceptors (Lipinski definition) is 10. The van der Waals surface area contributed by atoms with E-state index in [0.717, 1.165) is 5.56 Å². The van der Waals surface area contributed by atoms with Crippen LogP contribution in [0.1, 0.15) is 65.0 Å². The maximum atomic E-state index is 13.4. The van der Waals surface area contributed by atoms with Crippen LogP contribution in [0, 0.1) is 28.1 Å². The molecule has 9 atom stereocenters. The first kappa shape index (κ1) is 25.1. The molecule has 210 valence electrons. The molecule has 6 aliphatic rings. The summed E-state index contributed by atoms with van der Waals surface area (Å²) in [7, 11) is 0. The summed E-state index contributed by atoms with van der Waals surface area (Å²) < 4.78 is 30.3. The predicted molar refractivity (Wildman–Crippen MR) is 130 cm³/mol. The van der Waals surface area contributed by atoms with Gasteiger partial charge in [-0.05, 0) is 45.1 Å². The molecule has 6 fully saturated rings. The molecular weight excluding hydrogens is 510 g/mol. The number of carbonyl (C=O) groups excluding carboxylic acids is 2. The normalized spacial score (nSPS) is 48.0. The van der Waals surface area contributed by atoms with Gasteiger partial charge >= 0.3 is 17.9 Å². The van der Waals surface area contributed by atoms with Crippen LogP contribution in [0.2, 0.25) is 0 Å². The molecule has 0 bridgehead atoms. The lowest BCUT2D eigenvalue weighted by Gasteiger charge is -2.65. The number of rotatable bonds is 4. The monoisotopic (exact) mass is 543 g/mol. The van der Waals surface area contributed by atoms with Crippen molar-refractivity contribution in [1.29, 1.82) is 0 Å². The Hall–Kier alpha value is -2.92. The number of esters is 2. The van der Waals surface area contributed by atoms with Crippen molar-refractivity contribution in [1.82, 2.24) is 0 Å². The van der Waals surface area contributed by atoms with Gasteiger partial charge in [0.05, 0.1) is 36.4 Å². The fraction of sp³-hybridized carbons (Fsp3) is 0.714. The Balaban J connectivity index is 1.42. The molecule has 0 unspecified atom stereocenters. The van der Waals surface area contributed by atoms with E-state index < -0.39 is 58.2 Å². The molecule has 0 radical (unpaired) electrons. The van der Waals surface area contributed by atoms with Crippen LogP contribution in [-0.2, 0) is 38.2 Å². The Morgan fingerprint density at radius 2 is 1.92 bits per heavy atom. The minimum atomic E-state index is -1.13. The van der Waals surface area contributed by atoms with Crippen molar-refractivity contribution in [3.05, 3.63) is 24.2 Å². The first-order valence-corrected chi connectivity index (χ1v) is 13.6. The van der Waals surface area contributed by atoms with Gasteiger partial charge in [0, 0.05) is 27.7 Å². The van der Waals surface area contributed by atoms with Crippen molar-refractivity contribution in [3.8, 4) is 0 Å². The average Bonchev–Trinajstić information content (AvgIpc) is 3.35. The number of fused-ring (bicyclic) bond motifs is 1. The number of aliphatic carboxylic acids is 1. The average molecular weight is 544 g/mol. The molecule has 1 aromatic rings. The first-order chi connectivity index (χ1) is 18.4. The molecule has 7 rings (SSSR count). The van der Waals surface area contributed by atoms with E-state index >= 15 is 0 Å². The van der Waals surface area contributed by atoms with Crippen LogP contribution in [0.4, 0.5) is 0 Å². The molecule has 1 aromatic heterocycles. The summed E-state index contributed by atoms with van der Waals surface area (Å²) in [5, 5.41) is 13.7. The largest absolute Gasteiger partial charge is 0.479 e. The van der Waals surface area contributed by atoms with Gasteiger partial charge in [0.2, 0.25) is 6.61 Å². The quantitative estimate of drug-likeness (QED) is 0.341. The molecule has 4 aliphatic heterocycles. The van der Waals surface area contributed by atoms with Crippen LogP contribution < -0.4 is 0 Å². The van der Waals surface area contributed by atoms with Crippen LogP contribution in [-0.4, -0.2) is 65.3 Å². The minimum Gasteiger partial charge on any atom is -0.479 e. The molecule has 1 N–H and O–H groups in total. The Labute approximate surface area is 225 Å². The third kappa shape index (κ3) is 2.85. The van der Waals surface area contributed by atoms with Crippen LogP contribution >= 0.6 is 0 Å². The molecule has 2 spiro atoms. The van der Waals surface area contributed by atoms with Crippen molar-refractivity contribution in [2.75, 3.05) is 13.2 Å². The Morgan fingerprint density at radius 1 is 1.13 bits per heavy atom. The summed E-state index contributed by atoms with van der Waals surface area (Å²) in [6.07, 6.45) is 3.34. The van der Waals surface area contributed by atoms with Gasteiger partial charge in [0.25, 0.3) is 0 Å². The molecule has 11 nitrogen and oxygen atoms in total. The number of ether oxygens (including phenoxy) is 4. The smallest absolute Gasteiger partial charge is 0.344 e. The van der Waals surface area contributed by atoms with Gasteiger partial charge in [-0.15, -0.1) is 0 Å². The molecule has 4 saturated heterocycles. The lowest BCUT2D eigenvalue weighted by atomic mass is 9.37. The SMILES string of the molecule is CC1(C)O[C@H]2CC(=O)OC[C@]23[C@H]2CC[C@@]4(C)[C@H](c5ccoc5)OC(=O)[C@H]5O[C@]54[C@]2(C)/C(=N/OCC(=O)O)C[C@@H]13. The zero-order valence-electron chi connectivity index (χ0n) is 22.4. The van der Waals surface area contributed by atoms with Crippen molar-refractivity contribution in [2.24, 2.45) is 33.2 Å². The number of furan rings is 1. The Kier molecular flexibility index (Phi) is 4.90. The second-order valence-corrected chi connectivity index (χ2v) is 13.0. The number of cyclic esters (lactones) is 2. The Bertz CT molecular complexity index is 1290. The molecule has 11 heteroatoms. The van der Waals surface area contributed by atoms with Crippen molar-refractivity contribution in [2.45, 2.75) is 82.9 Å². The lowest BCUT2D eigenvalue weighted by Crippen LogP contribution is -2.72. The van der Waals surface area contributed by atoms with Crippen LogP contribution in [0.25, 0.3) is 0 Å². The highest BCUT2D eigenvalue weighted by Crippen LogP contribution is 2.80. The third-order valence-corrected chi connectivity index (χ3v) is 11.1. The molecule has 39 heavy (non-hydrogen) atoms. The second kappa shape index (κ2) is 7.63. The number of carboxylic acids is 1. The number of nitrogens with zero attached hydrogens (tertiary/aromatic N) is 1. The highest BCUT2D eigenvalue weighted by Gasteiger charge is 2.89. The predicted octanol–water partition coefficient (Wildman–Crippen LogP) is 3.03. The van der Waals surface area contributed by atoms with E-state index in [2.05, 4.69) is 19.0 Å². The van der Waals surface area contributed by atoms with Gasteiger partial charge in [-0.1, -0.05) is 19.0 Å². The summed E-state index contributed by atoms with van der Waals surface area (Å²) in [5.74, 6) is -2.09. The number of carbonyl (C=O) groups is 3. The van der Waals surface area contributed by atoms with Crippen LogP contribution in [0.3, 0.4) is 0 Å². The van der Waals surface area contributed by atoms with Gasteiger partial charge in [-0.25, -0.2) is 9.59 Å². The van der Waals surface area contributed by atoms with Gasteiger partial charge < -0.3 is 33.3 Å². The van der Waals surface area contributed by atoms with E-state index in [1.54, 1.807) is 18.6 Å². The maximum Gasteiger partial charge on any atom is 0.344 e. The van der Waals surface area contributed by atoms with Gasteiger partial charge in [-0.2, -0.15) is 0 Å². The van der Waals surface area contributed by atoms with Gasteiger partial charge in [-0.3, -0.25) is 4.79 Å². The zero-order chi connectivity index (χ0) is 27.6. The topological polar surface area (TPSA) is 146 Å². The van der Waals surface area contributed by atoms with Gasteiger partial charge in [0.1, 0.15) is 18.3 Å². The zero-order valence-corrected chi connectivity index (χ0v) is 22.4. The standard InChI is InChI=1S/C28H33NO10/c1-24(2)16-9-17(29-36-12-19(30)31)26(4)15(27(16)13-35-20(32)10-18(27)38-24)5-7-25(3)21(14-6-8-34-11-14)37-23(33)22-28(25,26)39-22/h6,8,11,15-16,18,21-22H,5,7,9-10,12-13H2,1-4H3,(H,30,31)/b29-17+/t15-,16-,18-,21-,22+,25-,26-,27+,28+/m0/s1. The second-order valence-electron chi connectivity index (χ2n) is 13.0. The summed E-state index contributed by atoms with van der Waals surface area (Å²) in [5.41, 5.74) is -2.24. The van der Waals surface area contributed by atoms with E-state index in [4.69, 9.17) is 28.2 Å². The summed E-state index contributed by atoms with van der Waals surface area (Å²) in [6, 6.07) is 1.80. The third-order valence-electron chi connectivity index (χ3n) is 11.1. The first-order valence-electron chi connectivity index (χ1n) is 13.6. The highest BCUT2D eigenvalue weighted by atomic mass is 16.7. The molecule has 0 aromatic carbocycles.